The van der Waals surface area contributed by atoms with Crippen LogP contribution in [0, 0.1) is 0 Å². The zero-order valence-electron chi connectivity index (χ0n) is 11.5. The summed E-state index contributed by atoms with van der Waals surface area (Å²) in [7, 11) is 3.17. The van der Waals surface area contributed by atoms with Gasteiger partial charge in [0.2, 0.25) is 5.91 Å². The van der Waals surface area contributed by atoms with Crippen molar-refractivity contribution in [2.24, 2.45) is 0 Å². The lowest BCUT2D eigenvalue weighted by molar-refractivity contribution is -0.137. The molecule has 0 heterocycles. The van der Waals surface area contributed by atoms with Gasteiger partial charge in [0.05, 0.1) is 25.8 Å². The second kappa shape index (κ2) is 7.34. The van der Waals surface area contributed by atoms with Crippen LogP contribution < -0.4 is 15.8 Å². The van der Waals surface area contributed by atoms with Gasteiger partial charge in [0.1, 0.15) is 5.75 Å². The highest BCUT2D eigenvalue weighted by Gasteiger charge is 2.11. The molecule has 0 radical (unpaired) electrons. The largest absolute Gasteiger partial charge is 0.494 e. The number of ether oxygens (including phenoxy) is 1. The minimum Gasteiger partial charge on any atom is -0.494 e. The average Bonchev–Trinajstić information content (AvgIpc) is 2.38. The Morgan fingerprint density at radius 3 is 2.75 bits per heavy atom. The van der Waals surface area contributed by atoms with Gasteiger partial charge in [0.15, 0.2) is 0 Å². The quantitative estimate of drug-likeness (QED) is 0.633. The molecule has 7 nitrogen and oxygen atoms in total. The Morgan fingerprint density at radius 1 is 1.45 bits per heavy atom. The first kappa shape index (κ1) is 15.8. The van der Waals surface area contributed by atoms with Gasteiger partial charge in [-0.25, -0.2) is 0 Å². The van der Waals surface area contributed by atoms with E-state index in [9.17, 15) is 9.59 Å². The predicted octanol–water partition coefficient (Wildman–Crippen LogP) is 0.622. The first-order valence-electron chi connectivity index (χ1n) is 6.06. The van der Waals surface area contributed by atoms with Crippen molar-refractivity contribution in [3.63, 3.8) is 0 Å². The lowest BCUT2D eigenvalue weighted by Gasteiger charge is -2.16. The summed E-state index contributed by atoms with van der Waals surface area (Å²) >= 11 is 0. The van der Waals surface area contributed by atoms with E-state index in [4.69, 9.17) is 15.6 Å². The Kier molecular flexibility index (Phi) is 5.79. The van der Waals surface area contributed by atoms with Crippen molar-refractivity contribution in [2.75, 3.05) is 38.3 Å². The topological polar surface area (TPSA) is 105 Å². The van der Waals surface area contributed by atoms with Crippen molar-refractivity contribution >= 4 is 23.3 Å². The van der Waals surface area contributed by atoms with E-state index in [1.165, 1.54) is 7.11 Å². The number of carbonyl (C=O) groups is 2. The molecule has 0 spiro atoms. The molecule has 7 heteroatoms. The van der Waals surface area contributed by atoms with Crippen molar-refractivity contribution in [3.05, 3.63) is 18.2 Å². The number of nitrogen functional groups attached to an aromatic ring is 1. The van der Waals surface area contributed by atoms with Gasteiger partial charge in [0.25, 0.3) is 0 Å². The van der Waals surface area contributed by atoms with Gasteiger partial charge in [0, 0.05) is 18.3 Å². The van der Waals surface area contributed by atoms with Gasteiger partial charge >= 0.3 is 5.97 Å². The molecular formula is C13H19N3O4. The summed E-state index contributed by atoms with van der Waals surface area (Å²) < 4.78 is 5.12. The van der Waals surface area contributed by atoms with Crippen molar-refractivity contribution in [3.8, 4) is 5.75 Å². The monoisotopic (exact) mass is 281 g/mol. The van der Waals surface area contributed by atoms with Crippen LogP contribution in [0.15, 0.2) is 18.2 Å². The highest BCUT2D eigenvalue weighted by atomic mass is 16.5. The average molecular weight is 281 g/mol. The molecule has 0 bridgehead atoms. The predicted molar refractivity (Wildman–Crippen MR) is 75.8 cm³/mol. The van der Waals surface area contributed by atoms with Crippen molar-refractivity contribution in [2.45, 2.75) is 6.42 Å². The van der Waals surface area contributed by atoms with Crippen LogP contribution in [0.3, 0.4) is 0 Å². The smallest absolute Gasteiger partial charge is 0.304 e. The molecule has 1 amide bonds. The Morgan fingerprint density at radius 2 is 2.15 bits per heavy atom. The van der Waals surface area contributed by atoms with Crippen LogP contribution in [-0.2, 0) is 9.59 Å². The Labute approximate surface area is 117 Å². The van der Waals surface area contributed by atoms with Gasteiger partial charge in [-0.3, -0.25) is 14.5 Å². The van der Waals surface area contributed by atoms with Crippen LogP contribution in [0.2, 0.25) is 0 Å². The molecule has 20 heavy (non-hydrogen) atoms. The molecule has 1 aromatic carbocycles. The number of carboxylic acid groups (broad SMARTS) is 1. The Hall–Kier alpha value is -2.28. The number of rotatable bonds is 7. The molecule has 0 fully saturated rings. The molecule has 0 aromatic heterocycles. The standard InChI is InChI=1S/C13H19N3O4/c1-16(6-5-13(18)19)8-12(17)15-10-4-3-9(14)7-11(10)20-2/h3-4,7H,5-6,8,14H2,1-2H3,(H,15,17)(H,18,19). The number of carboxylic acids is 1. The second-order valence-corrected chi connectivity index (χ2v) is 4.39. The highest BCUT2D eigenvalue weighted by Crippen LogP contribution is 2.26. The minimum absolute atomic E-state index is 0.00499. The lowest BCUT2D eigenvalue weighted by Crippen LogP contribution is -2.31. The molecular weight excluding hydrogens is 262 g/mol. The van der Waals surface area contributed by atoms with Gasteiger partial charge in [-0.15, -0.1) is 0 Å². The molecule has 0 saturated heterocycles. The number of anilines is 2. The maximum absolute atomic E-state index is 11.8. The third-order valence-corrected chi connectivity index (χ3v) is 2.62. The summed E-state index contributed by atoms with van der Waals surface area (Å²) in [5, 5.41) is 11.3. The third kappa shape index (κ3) is 5.15. The molecule has 4 N–H and O–H groups in total. The Balaban J connectivity index is 2.56. The van der Waals surface area contributed by atoms with Gasteiger partial charge in [-0.1, -0.05) is 0 Å². The molecule has 0 aliphatic rings. The molecule has 0 atom stereocenters. The number of methoxy groups -OCH3 is 1. The number of nitrogens with two attached hydrogens (primary N) is 1. The maximum atomic E-state index is 11.8. The third-order valence-electron chi connectivity index (χ3n) is 2.62. The molecule has 1 rings (SSSR count). The zero-order valence-corrected chi connectivity index (χ0v) is 11.5. The fourth-order valence-electron chi connectivity index (χ4n) is 1.61. The van der Waals surface area contributed by atoms with Crippen LogP contribution in [0.4, 0.5) is 11.4 Å². The van der Waals surface area contributed by atoms with Crippen LogP contribution in [-0.4, -0.2) is 49.1 Å². The molecule has 110 valence electrons. The number of nitrogens with one attached hydrogen (secondary N) is 1. The SMILES string of the molecule is COc1cc(N)ccc1NC(=O)CN(C)CCC(=O)O. The number of hydrogen-bond donors (Lipinski definition) is 3. The number of benzene rings is 1. The van der Waals surface area contributed by atoms with E-state index in [1.54, 1.807) is 30.1 Å². The molecule has 1 aromatic rings. The summed E-state index contributed by atoms with van der Waals surface area (Å²) in [5.74, 6) is -0.662. The summed E-state index contributed by atoms with van der Waals surface area (Å²) in [6, 6.07) is 4.93. The molecule has 0 aliphatic carbocycles. The van der Waals surface area contributed by atoms with Crippen LogP contribution in [0.25, 0.3) is 0 Å². The number of nitrogens with zero attached hydrogens (tertiary/aromatic N) is 1. The minimum atomic E-state index is -0.891. The molecule has 0 unspecified atom stereocenters. The summed E-state index contributed by atoms with van der Waals surface area (Å²) in [4.78, 5) is 23.9. The molecule has 0 saturated carbocycles. The van der Waals surface area contributed by atoms with Crippen LogP contribution >= 0.6 is 0 Å². The van der Waals surface area contributed by atoms with Crippen molar-refractivity contribution < 1.29 is 19.4 Å². The van der Waals surface area contributed by atoms with Crippen molar-refractivity contribution in [1.29, 1.82) is 0 Å². The van der Waals surface area contributed by atoms with Crippen LogP contribution in [0.1, 0.15) is 6.42 Å². The fourth-order valence-corrected chi connectivity index (χ4v) is 1.61. The first-order chi connectivity index (χ1) is 9.42. The number of likely N-dealkylation sites (N-methyl/N-ethyl adjacent to an activating group) is 1. The summed E-state index contributed by atoms with van der Waals surface area (Å²) in [6.07, 6.45) is -0.00499. The van der Waals surface area contributed by atoms with E-state index < -0.39 is 5.97 Å². The number of aliphatic carboxylic acids is 1. The van der Waals surface area contributed by atoms with E-state index in [1.807, 2.05) is 0 Å². The van der Waals surface area contributed by atoms with Gasteiger partial charge in [-0.2, -0.15) is 0 Å². The number of hydrogen-bond acceptors (Lipinski definition) is 5. The first-order valence-corrected chi connectivity index (χ1v) is 6.06. The van der Waals surface area contributed by atoms with E-state index in [0.29, 0.717) is 23.7 Å². The number of carbonyl (C=O) groups excluding carboxylic acids is 1. The van der Waals surface area contributed by atoms with E-state index in [2.05, 4.69) is 5.32 Å². The van der Waals surface area contributed by atoms with Gasteiger partial charge in [-0.05, 0) is 19.2 Å². The second-order valence-electron chi connectivity index (χ2n) is 4.39. The van der Waals surface area contributed by atoms with E-state index >= 15 is 0 Å². The molecule has 0 aliphatic heterocycles. The van der Waals surface area contributed by atoms with Gasteiger partial charge < -0.3 is 20.9 Å². The van der Waals surface area contributed by atoms with Crippen molar-refractivity contribution in [1.82, 2.24) is 4.90 Å². The number of amides is 1. The lowest BCUT2D eigenvalue weighted by atomic mass is 10.2. The normalized spacial score (nSPS) is 10.3. The van der Waals surface area contributed by atoms with E-state index in [0.717, 1.165) is 0 Å². The highest BCUT2D eigenvalue weighted by molar-refractivity contribution is 5.94. The van der Waals surface area contributed by atoms with E-state index in [-0.39, 0.29) is 18.9 Å². The summed E-state index contributed by atoms with van der Waals surface area (Å²) in [6.45, 7) is 0.405. The maximum Gasteiger partial charge on any atom is 0.304 e. The zero-order chi connectivity index (χ0) is 15.1. The van der Waals surface area contributed by atoms with Crippen LogP contribution in [0.5, 0.6) is 5.75 Å². The summed E-state index contributed by atoms with van der Waals surface area (Å²) in [5.41, 5.74) is 6.69. The fraction of sp³-hybridized carbons (Fsp3) is 0.385. The Bertz CT molecular complexity index is 491.